The molecular weight excluding hydrogens is 174 g/mol. The van der Waals surface area contributed by atoms with Crippen LogP contribution in [-0.4, -0.2) is 5.91 Å². The number of carbonyl (C=O) groups is 1. The predicted octanol–water partition coefficient (Wildman–Crippen LogP) is 1.04. The number of amides is 1. The molecule has 0 atom stereocenters. The third-order valence-corrected chi connectivity index (χ3v) is 2.53. The highest BCUT2D eigenvalue weighted by molar-refractivity contribution is 5.86. The van der Waals surface area contributed by atoms with Crippen molar-refractivity contribution in [1.82, 2.24) is 0 Å². The van der Waals surface area contributed by atoms with Gasteiger partial charge < -0.3 is 0 Å². The summed E-state index contributed by atoms with van der Waals surface area (Å²) in [6.45, 7) is 4.23. The maximum atomic E-state index is 11.4. The first kappa shape index (κ1) is 9.13. The van der Waals surface area contributed by atoms with E-state index in [2.05, 4.69) is 18.8 Å². The smallest absolute Gasteiger partial charge is 0.250 e. The van der Waals surface area contributed by atoms with Gasteiger partial charge in [-0.3, -0.25) is 4.79 Å². The average Bonchev–Trinajstić information content (AvgIpc) is 2.16. The van der Waals surface area contributed by atoms with Gasteiger partial charge in [-0.15, -0.1) is 0 Å². The molecule has 0 saturated carbocycles. The van der Waals surface area contributed by atoms with Gasteiger partial charge in [-0.1, -0.05) is 32.0 Å². The Morgan fingerprint density at radius 3 is 2.71 bits per heavy atom. The highest BCUT2D eigenvalue weighted by Crippen LogP contribution is 2.14. The second-order valence-electron chi connectivity index (χ2n) is 3.88. The molecule has 0 aliphatic carbocycles. The third-order valence-electron chi connectivity index (χ3n) is 2.53. The minimum Gasteiger partial charge on any atom is -0.272 e. The minimum absolute atomic E-state index is 0.0209. The zero-order chi connectivity index (χ0) is 10.1. The second-order valence-corrected chi connectivity index (χ2v) is 3.88. The first-order valence-electron chi connectivity index (χ1n) is 4.88. The fourth-order valence-electron chi connectivity index (χ4n) is 1.79. The molecule has 0 bridgehead atoms. The average molecular weight is 187 g/mol. The van der Waals surface area contributed by atoms with Crippen LogP contribution in [0.2, 0.25) is 0 Å². The van der Waals surface area contributed by atoms with E-state index < -0.39 is 0 Å². The quantitative estimate of drug-likeness (QED) is 0.646. The molecule has 1 aromatic rings. The number of benzene rings is 1. The molecule has 0 fully saturated rings. The van der Waals surface area contributed by atoms with Crippen LogP contribution < -0.4 is 10.6 Å². The lowest BCUT2D eigenvalue weighted by Crippen LogP contribution is -2.33. The van der Waals surface area contributed by atoms with Crippen molar-refractivity contribution in [1.29, 1.82) is 0 Å². The Labute approximate surface area is 83.0 Å². The van der Waals surface area contributed by atoms with Gasteiger partial charge in [0.1, 0.15) is 0 Å². The molecule has 0 N–H and O–H groups in total. The van der Waals surface area contributed by atoms with Gasteiger partial charge in [0.25, 0.3) is 0 Å². The molecule has 2 rings (SSSR count). The number of carbonyl (C=O) groups excluding carboxylic acids is 1. The van der Waals surface area contributed by atoms with Crippen molar-refractivity contribution in [2.75, 3.05) is 0 Å². The Morgan fingerprint density at radius 1 is 1.29 bits per heavy atom. The largest absolute Gasteiger partial charge is 0.272 e. The maximum Gasteiger partial charge on any atom is 0.250 e. The molecule has 1 aliphatic heterocycles. The standard InChI is InChI=1S/C12H13NO/c1-8(2)10-7-12(14)13-11-6-4-3-5-9(10)11/h3-6,8H,7H2,1-2H3. The number of fused-ring (bicyclic) bond motifs is 1. The fraction of sp³-hybridized carbons (Fsp3) is 0.333. The first-order chi connectivity index (χ1) is 6.68. The summed E-state index contributed by atoms with van der Waals surface area (Å²) in [6.07, 6.45) is 0.481. The third kappa shape index (κ3) is 1.48. The van der Waals surface area contributed by atoms with Crippen molar-refractivity contribution in [2.24, 2.45) is 10.9 Å². The highest BCUT2D eigenvalue weighted by atomic mass is 16.1. The maximum absolute atomic E-state index is 11.4. The van der Waals surface area contributed by atoms with E-state index in [4.69, 9.17) is 0 Å². The zero-order valence-electron chi connectivity index (χ0n) is 8.45. The van der Waals surface area contributed by atoms with Gasteiger partial charge in [-0.25, -0.2) is 4.99 Å². The van der Waals surface area contributed by atoms with E-state index >= 15 is 0 Å². The van der Waals surface area contributed by atoms with E-state index in [-0.39, 0.29) is 5.91 Å². The Hall–Kier alpha value is -1.44. The van der Waals surface area contributed by atoms with Gasteiger partial charge >= 0.3 is 0 Å². The van der Waals surface area contributed by atoms with Crippen LogP contribution in [0.4, 0.5) is 0 Å². The lowest BCUT2D eigenvalue weighted by atomic mass is 9.95. The molecule has 0 radical (unpaired) electrons. The van der Waals surface area contributed by atoms with Gasteiger partial charge in [0, 0.05) is 5.22 Å². The van der Waals surface area contributed by atoms with E-state index in [1.54, 1.807) is 0 Å². The van der Waals surface area contributed by atoms with Gasteiger partial charge in [-0.05, 0) is 17.6 Å². The summed E-state index contributed by atoms with van der Waals surface area (Å²) in [5.41, 5.74) is 1.21. The normalized spacial score (nSPS) is 15.4. The van der Waals surface area contributed by atoms with Crippen LogP contribution in [0.3, 0.4) is 0 Å². The summed E-state index contributed by atoms with van der Waals surface area (Å²) in [7, 11) is 0. The predicted molar refractivity (Wildman–Crippen MR) is 55.1 cm³/mol. The van der Waals surface area contributed by atoms with E-state index in [0.29, 0.717) is 12.3 Å². The Bertz CT molecular complexity index is 485. The molecule has 0 aromatic heterocycles. The Balaban J connectivity index is 2.81. The zero-order valence-corrected chi connectivity index (χ0v) is 8.45. The number of para-hydroxylation sites is 1. The van der Waals surface area contributed by atoms with Gasteiger partial charge in [-0.2, -0.15) is 0 Å². The lowest BCUT2D eigenvalue weighted by Gasteiger charge is -2.12. The SMILES string of the molecule is CC(C)C1=c2ccccc2=NC(=O)C1. The minimum atomic E-state index is -0.0209. The van der Waals surface area contributed by atoms with Crippen molar-refractivity contribution in [3.63, 3.8) is 0 Å². The number of hydrogen-bond donors (Lipinski definition) is 0. The van der Waals surface area contributed by atoms with Crippen molar-refractivity contribution < 1.29 is 4.79 Å². The molecule has 2 heteroatoms. The number of rotatable bonds is 1. The molecule has 0 spiro atoms. The van der Waals surface area contributed by atoms with E-state index in [0.717, 1.165) is 10.6 Å². The summed E-state index contributed by atoms with van der Waals surface area (Å²) in [6, 6.07) is 7.85. The summed E-state index contributed by atoms with van der Waals surface area (Å²) in [4.78, 5) is 15.4. The highest BCUT2D eigenvalue weighted by Gasteiger charge is 2.14. The van der Waals surface area contributed by atoms with Gasteiger partial charge in [0.15, 0.2) is 0 Å². The molecule has 2 nitrogen and oxygen atoms in total. The summed E-state index contributed by atoms with van der Waals surface area (Å²) < 4.78 is 0. The number of hydrogen-bond acceptors (Lipinski definition) is 1. The molecule has 72 valence electrons. The molecule has 1 heterocycles. The van der Waals surface area contributed by atoms with Crippen molar-refractivity contribution >= 4 is 11.5 Å². The van der Waals surface area contributed by atoms with Crippen molar-refractivity contribution in [3.8, 4) is 0 Å². The van der Waals surface area contributed by atoms with E-state index in [9.17, 15) is 4.79 Å². The molecule has 0 unspecified atom stereocenters. The van der Waals surface area contributed by atoms with Crippen LogP contribution in [0.15, 0.2) is 29.3 Å². The topological polar surface area (TPSA) is 29.4 Å². The summed E-state index contributed by atoms with van der Waals surface area (Å²) in [5, 5.41) is 1.97. The van der Waals surface area contributed by atoms with Gasteiger partial charge in [0.2, 0.25) is 5.91 Å². The lowest BCUT2D eigenvalue weighted by molar-refractivity contribution is -0.117. The fourth-order valence-corrected chi connectivity index (χ4v) is 1.79. The van der Waals surface area contributed by atoms with Crippen molar-refractivity contribution in [3.05, 3.63) is 34.8 Å². The van der Waals surface area contributed by atoms with E-state index in [1.807, 2.05) is 24.3 Å². The van der Waals surface area contributed by atoms with Crippen LogP contribution >= 0.6 is 0 Å². The molecular formula is C12H13NO. The Morgan fingerprint density at radius 2 is 2.00 bits per heavy atom. The van der Waals surface area contributed by atoms with Crippen LogP contribution in [-0.2, 0) is 4.79 Å². The second kappa shape index (κ2) is 3.37. The number of nitrogens with zero attached hydrogens (tertiary/aromatic N) is 1. The first-order valence-corrected chi connectivity index (χ1v) is 4.88. The van der Waals surface area contributed by atoms with Gasteiger partial charge in [0.05, 0.1) is 11.8 Å². The molecule has 1 aromatic carbocycles. The van der Waals surface area contributed by atoms with Crippen molar-refractivity contribution in [2.45, 2.75) is 20.3 Å². The molecule has 14 heavy (non-hydrogen) atoms. The monoisotopic (exact) mass is 187 g/mol. The van der Waals surface area contributed by atoms with Crippen LogP contribution in [0.1, 0.15) is 20.3 Å². The Kier molecular flexibility index (Phi) is 2.20. The van der Waals surface area contributed by atoms with Crippen LogP contribution in [0, 0.1) is 5.92 Å². The van der Waals surface area contributed by atoms with Crippen LogP contribution in [0.5, 0.6) is 0 Å². The molecule has 1 aliphatic rings. The van der Waals surface area contributed by atoms with Crippen LogP contribution in [0.25, 0.3) is 5.57 Å². The summed E-state index contributed by atoms with van der Waals surface area (Å²) in [5.74, 6) is 0.392. The van der Waals surface area contributed by atoms with E-state index in [1.165, 1.54) is 5.57 Å². The molecule has 1 amide bonds. The summed E-state index contributed by atoms with van der Waals surface area (Å²) >= 11 is 0. The molecule has 0 saturated heterocycles.